The van der Waals surface area contributed by atoms with Gasteiger partial charge >= 0.3 is 0 Å². The molecule has 0 aromatic rings. The zero-order valence-electron chi connectivity index (χ0n) is 11.6. The Labute approximate surface area is 101 Å². The molecule has 2 nitrogen and oxygen atoms in total. The molecule has 0 saturated heterocycles. The molecule has 0 radical (unpaired) electrons. The summed E-state index contributed by atoms with van der Waals surface area (Å²) in [4.78, 5) is 20.6. The number of ketones is 1. The van der Waals surface area contributed by atoms with Gasteiger partial charge in [-0.3, -0.25) is 4.79 Å². The van der Waals surface area contributed by atoms with E-state index in [1.165, 1.54) is 12.8 Å². The van der Waals surface area contributed by atoms with Crippen LogP contribution in [-0.2, 0) is 9.59 Å². The van der Waals surface area contributed by atoms with Crippen molar-refractivity contribution in [3.05, 3.63) is 0 Å². The van der Waals surface area contributed by atoms with E-state index < -0.39 is 0 Å². The van der Waals surface area contributed by atoms with Crippen molar-refractivity contribution in [2.75, 3.05) is 0 Å². The fourth-order valence-corrected chi connectivity index (χ4v) is 1.24. The van der Waals surface area contributed by atoms with Crippen LogP contribution in [0.5, 0.6) is 0 Å². The summed E-state index contributed by atoms with van der Waals surface area (Å²) in [5, 5.41) is 0. The van der Waals surface area contributed by atoms with Gasteiger partial charge in [0, 0.05) is 11.8 Å². The molecule has 0 saturated carbocycles. The highest BCUT2D eigenvalue weighted by atomic mass is 16.1. The molecule has 2 unspecified atom stereocenters. The zero-order valence-corrected chi connectivity index (χ0v) is 11.6. The van der Waals surface area contributed by atoms with Gasteiger partial charge in [0.15, 0.2) is 0 Å². The van der Waals surface area contributed by atoms with E-state index in [4.69, 9.17) is 0 Å². The van der Waals surface area contributed by atoms with Gasteiger partial charge in [-0.15, -0.1) is 0 Å². The number of aldehydes is 1. The summed E-state index contributed by atoms with van der Waals surface area (Å²) in [6.45, 7) is 9.85. The topological polar surface area (TPSA) is 34.1 Å². The van der Waals surface area contributed by atoms with E-state index >= 15 is 0 Å². The average molecular weight is 228 g/mol. The molecule has 0 aliphatic carbocycles. The van der Waals surface area contributed by atoms with Gasteiger partial charge in [-0.2, -0.15) is 0 Å². The molecule has 0 N–H and O–H groups in total. The summed E-state index contributed by atoms with van der Waals surface area (Å²) in [5.41, 5.74) is 0. The number of Topliss-reactive ketones (excluding diaryl/α,β-unsaturated/α-hetero) is 1. The van der Waals surface area contributed by atoms with Gasteiger partial charge in [0.25, 0.3) is 0 Å². The van der Waals surface area contributed by atoms with Gasteiger partial charge in [0.2, 0.25) is 0 Å². The Morgan fingerprint density at radius 3 is 1.94 bits per heavy atom. The lowest BCUT2D eigenvalue weighted by atomic mass is 9.96. The predicted octanol–water partition coefficient (Wildman–Crippen LogP) is 4.02. The van der Waals surface area contributed by atoms with E-state index in [2.05, 4.69) is 13.8 Å². The van der Waals surface area contributed by atoms with Crippen molar-refractivity contribution in [3.8, 4) is 0 Å². The Bertz CT molecular complexity index is 176. The first kappa shape index (κ1) is 17.7. The molecular formula is C14H28O2. The Balaban J connectivity index is 0. The largest absolute Gasteiger partial charge is 0.303 e. The highest BCUT2D eigenvalue weighted by Crippen LogP contribution is 2.12. The number of unbranched alkanes of at least 4 members (excludes halogenated alkanes) is 1. The lowest BCUT2D eigenvalue weighted by Crippen LogP contribution is -2.08. The summed E-state index contributed by atoms with van der Waals surface area (Å²) in [6, 6.07) is 0. The molecule has 0 aliphatic heterocycles. The summed E-state index contributed by atoms with van der Waals surface area (Å²) >= 11 is 0. The summed E-state index contributed by atoms with van der Waals surface area (Å²) in [6.07, 6.45) is 6.42. The van der Waals surface area contributed by atoms with Gasteiger partial charge in [0.05, 0.1) is 0 Å². The Morgan fingerprint density at radius 1 is 1.19 bits per heavy atom. The van der Waals surface area contributed by atoms with Crippen LogP contribution in [0.25, 0.3) is 0 Å². The van der Waals surface area contributed by atoms with Gasteiger partial charge in [-0.05, 0) is 26.2 Å². The molecule has 0 fully saturated rings. The maximum atomic E-state index is 10.9. The minimum Gasteiger partial charge on any atom is -0.303 e. The highest BCUT2D eigenvalue weighted by Gasteiger charge is 2.09. The van der Waals surface area contributed by atoms with Crippen LogP contribution in [-0.4, -0.2) is 12.1 Å². The van der Waals surface area contributed by atoms with Crippen LogP contribution < -0.4 is 0 Å². The molecule has 0 rings (SSSR count). The van der Waals surface area contributed by atoms with E-state index in [-0.39, 0.29) is 5.92 Å². The molecule has 0 heterocycles. The Morgan fingerprint density at radius 2 is 1.75 bits per heavy atom. The van der Waals surface area contributed by atoms with Crippen molar-refractivity contribution in [2.24, 2.45) is 11.8 Å². The average Bonchev–Trinajstić information content (AvgIpc) is 2.29. The summed E-state index contributed by atoms with van der Waals surface area (Å²) < 4.78 is 0. The highest BCUT2D eigenvalue weighted by molar-refractivity contribution is 5.78. The Hall–Kier alpha value is -0.660. The molecular weight excluding hydrogens is 200 g/mol. The summed E-state index contributed by atoms with van der Waals surface area (Å²) in [7, 11) is 0. The fraction of sp³-hybridized carbons (Fsp3) is 0.857. The predicted molar refractivity (Wildman–Crippen MR) is 69.5 cm³/mol. The molecule has 16 heavy (non-hydrogen) atoms. The van der Waals surface area contributed by atoms with Crippen molar-refractivity contribution < 1.29 is 9.59 Å². The number of carbonyl (C=O) groups is 2. The molecule has 2 atom stereocenters. The van der Waals surface area contributed by atoms with Crippen molar-refractivity contribution in [1.82, 2.24) is 0 Å². The smallest absolute Gasteiger partial charge is 0.132 e. The van der Waals surface area contributed by atoms with Crippen LogP contribution in [0.1, 0.15) is 66.7 Å². The van der Waals surface area contributed by atoms with E-state index in [0.717, 1.165) is 25.5 Å². The standard InChI is InChI=1S/C9H18O.C5H10O/c1-4-6-7-9(5-2)8(3)10;1-3-5(2)4-6/h9H,4-7H2,1-3H3;4-5H,3H2,1-2H3. The van der Waals surface area contributed by atoms with Crippen LogP contribution in [0, 0.1) is 11.8 Å². The van der Waals surface area contributed by atoms with Crippen molar-refractivity contribution in [2.45, 2.75) is 66.7 Å². The van der Waals surface area contributed by atoms with Crippen molar-refractivity contribution >= 4 is 12.1 Å². The van der Waals surface area contributed by atoms with Crippen LogP contribution >= 0.6 is 0 Å². The lowest BCUT2D eigenvalue weighted by molar-refractivity contribution is -0.121. The number of rotatable bonds is 7. The molecule has 0 aromatic heterocycles. The molecule has 0 spiro atoms. The second-order valence-electron chi connectivity index (χ2n) is 4.38. The third kappa shape index (κ3) is 11.4. The quantitative estimate of drug-likeness (QED) is 0.617. The molecule has 96 valence electrons. The third-order valence-electron chi connectivity index (χ3n) is 2.85. The summed E-state index contributed by atoms with van der Waals surface area (Å²) in [5.74, 6) is 0.945. The number of hydrogen-bond donors (Lipinski definition) is 0. The van der Waals surface area contributed by atoms with E-state index in [0.29, 0.717) is 11.7 Å². The SMILES string of the molecule is CCC(C)C=O.CCCCC(CC)C(C)=O. The Kier molecular flexibility index (Phi) is 13.7. The van der Waals surface area contributed by atoms with Crippen molar-refractivity contribution in [1.29, 1.82) is 0 Å². The molecule has 2 heteroatoms. The van der Waals surface area contributed by atoms with E-state index in [9.17, 15) is 9.59 Å². The fourth-order valence-electron chi connectivity index (χ4n) is 1.24. The monoisotopic (exact) mass is 228 g/mol. The van der Waals surface area contributed by atoms with Crippen LogP contribution in [0.4, 0.5) is 0 Å². The first-order valence-corrected chi connectivity index (χ1v) is 6.49. The lowest BCUT2D eigenvalue weighted by Gasteiger charge is -2.08. The second-order valence-corrected chi connectivity index (χ2v) is 4.38. The van der Waals surface area contributed by atoms with Gasteiger partial charge < -0.3 is 4.79 Å². The molecule has 0 amide bonds. The maximum absolute atomic E-state index is 10.9. The van der Waals surface area contributed by atoms with Gasteiger partial charge in [0.1, 0.15) is 12.1 Å². The van der Waals surface area contributed by atoms with E-state index in [1.54, 1.807) is 6.92 Å². The van der Waals surface area contributed by atoms with Gasteiger partial charge in [-0.1, -0.05) is 40.5 Å². The van der Waals surface area contributed by atoms with Crippen LogP contribution in [0.2, 0.25) is 0 Å². The zero-order chi connectivity index (χ0) is 13.0. The third-order valence-corrected chi connectivity index (χ3v) is 2.85. The van der Waals surface area contributed by atoms with Crippen molar-refractivity contribution in [3.63, 3.8) is 0 Å². The minimum absolute atomic E-state index is 0.255. The first-order valence-electron chi connectivity index (χ1n) is 6.49. The second kappa shape index (κ2) is 12.4. The maximum Gasteiger partial charge on any atom is 0.132 e. The minimum atomic E-state index is 0.255. The van der Waals surface area contributed by atoms with Crippen LogP contribution in [0.3, 0.4) is 0 Å². The number of carbonyl (C=O) groups excluding carboxylic acids is 2. The molecule has 0 aliphatic rings. The van der Waals surface area contributed by atoms with Crippen LogP contribution in [0.15, 0.2) is 0 Å². The number of hydrogen-bond acceptors (Lipinski definition) is 2. The normalized spacial score (nSPS) is 13.3. The van der Waals surface area contributed by atoms with Gasteiger partial charge in [-0.25, -0.2) is 0 Å². The molecule has 0 aromatic carbocycles. The molecule has 0 bridgehead atoms. The van der Waals surface area contributed by atoms with E-state index in [1.807, 2.05) is 13.8 Å². The first-order chi connectivity index (χ1) is 7.53.